The molecule has 0 radical (unpaired) electrons. The molecule has 0 bridgehead atoms. The summed E-state index contributed by atoms with van der Waals surface area (Å²) < 4.78 is 11.6. The van der Waals surface area contributed by atoms with Gasteiger partial charge in [0.05, 0.1) is 12.7 Å². The second kappa shape index (κ2) is 5.97. The van der Waals surface area contributed by atoms with Crippen LogP contribution in [-0.2, 0) is 6.54 Å². The molecule has 0 saturated carbocycles. The maximum Gasteiger partial charge on any atom is 0.128 e. The van der Waals surface area contributed by atoms with Crippen LogP contribution in [0.2, 0.25) is 0 Å². The van der Waals surface area contributed by atoms with Crippen molar-refractivity contribution in [2.75, 3.05) is 7.11 Å². The van der Waals surface area contributed by atoms with Crippen LogP contribution >= 0.6 is 0 Å². The molecule has 1 atom stereocenters. The molecular formula is C18H22N2O2. The van der Waals surface area contributed by atoms with Gasteiger partial charge in [0.2, 0.25) is 0 Å². The SMILES string of the molecule is COc1cccc2c1C(NCc1ccncc1)CC(C)(C)O2. The minimum atomic E-state index is -0.199. The van der Waals surface area contributed by atoms with Gasteiger partial charge in [0, 0.05) is 31.4 Å². The molecule has 4 nitrogen and oxygen atoms in total. The molecule has 1 aromatic heterocycles. The lowest BCUT2D eigenvalue weighted by Gasteiger charge is -2.38. The van der Waals surface area contributed by atoms with Crippen molar-refractivity contribution in [3.8, 4) is 11.5 Å². The Labute approximate surface area is 131 Å². The van der Waals surface area contributed by atoms with Gasteiger partial charge in [-0.25, -0.2) is 0 Å². The van der Waals surface area contributed by atoms with Gasteiger partial charge in [-0.05, 0) is 43.7 Å². The Hall–Kier alpha value is -2.07. The van der Waals surface area contributed by atoms with Gasteiger partial charge < -0.3 is 14.8 Å². The van der Waals surface area contributed by atoms with Crippen molar-refractivity contribution in [2.24, 2.45) is 0 Å². The first-order valence-corrected chi connectivity index (χ1v) is 7.57. The molecule has 2 aromatic rings. The molecule has 0 spiro atoms. The third-order valence-electron chi connectivity index (χ3n) is 3.98. The van der Waals surface area contributed by atoms with Crippen LogP contribution in [0.1, 0.15) is 37.4 Å². The molecule has 1 unspecified atom stereocenters. The summed E-state index contributed by atoms with van der Waals surface area (Å²) in [5.41, 5.74) is 2.13. The summed E-state index contributed by atoms with van der Waals surface area (Å²) in [6.07, 6.45) is 4.53. The Morgan fingerprint density at radius 2 is 2.05 bits per heavy atom. The van der Waals surface area contributed by atoms with E-state index in [4.69, 9.17) is 9.47 Å². The van der Waals surface area contributed by atoms with E-state index in [1.165, 1.54) is 5.56 Å². The van der Waals surface area contributed by atoms with Crippen LogP contribution in [0.3, 0.4) is 0 Å². The number of benzene rings is 1. The highest BCUT2D eigenvalue weighted by Gasteiger charge is 2.35. The molecular weight excluding hydrogens is 276 g/mol. The van der Waals surface area contributed by atoms with E-state index in [1.54, 1.807) is 7.11 Å². The van der Waals surface area contributed by atoms with Crippen LogP contribution in [0.5, 0.6) is 11.5 Å². The predicted molar refractivity (Wildman–Crippen MR) is 86.1 cm³/mol. The number of pyridine rings is 1. The van der Waals surface area contributed by atoms with Crippen LogP contribution in [0.15, 0.2) is 42.7 Å². The third-order valence-corrected chi connectivity index (χ3v) is 3.98. The first kappa shape index (κ1) is 14.9. The molecule has 116 valence electrons. The maximum absolute atomic E-state index is 6.11. The number of nitrogens with one attached hydrogen (secondary N) is 1. The second-order valence-electron chi connectivity index (χ2n) is 6.23. The van der Waals surface area contributed by atoms with Crippen molar-refractivity contribution in [3.63, 3.8) is 0 Å². The quantitative estimate of drug-likeness (QED) is 0.938. The van der Waals surface area contributed by atoms with Crippen molar-refractivity contribution in [2.45, 2.75) is 38.5 Å². The molecule has 1 N–H and O–H groups in total. The van der Waals surface area contributed by atoms with Gasteiger partial charge in [0.1, 0.15) is 17.1 Å². The molecule has 3 rings (SSSR count). The van der Waals surface area contributed by atoms with Crippen molar-refractivity contribution in [3.05, 3.63) is 53.9 Å². The zero-order chi connectivity index (χ0) is 15.6. The minimum absolute atomic E-state index is 0.197. The molecule has 4 heteroatoms. The Morgan fingerprint density at radius 3 is 2.77 bits per heavy atom. The average Bonchev–Trinajstić information content (AvgIpc) is 2.51. The van der Waals surface area contributed by atoms with Gasteiger partial charge in [-0.1, -0.05) is 6.07 Å². The van der Waals surface area contributed by atoms with E-state index >= 15 is 0 Å². The molecule has 0 saturated heterocycles. The Kier molecular flexibility index (Phi) is 4.03. The largest absolute Gasteiger partial charge is 0.496 e. The van der Waals surface area contributed by atoms with E-state index in [0.717, 1.165) is 30.0 Å². The Balaban J connectivity index is 1.87. The van der Waals surface area contributed by atoms with Gasteiger partial charge in [-0.3, -0.25) is 4.98 Å². The highest BCUT2D eigenvalue weighted by molar-refractivity contribution is 5.48. The maximum atomic E-state index is 6.11. The van der Waals surface area contributed by atoms with E-state index < -0.39 is 0 Å². The number of methoxy groups -OCH3 is 1. The monoisotopic (exact) mass is 298 g/mol. The fourth-order valence-corrected chi connectivity index (χ4v) is 2.98. The highest BCUT2D eigenvalue weighted by Crippen LogP contribution is 2.44. The molecule has 1 aliphatic heterocycles. The number of aromatic nitrogens is 1. The lowest BCUT2D eigenvalue weighted by atomic mass is 9.89. The molecule has 0 amide bonds. The van der Waals surface area contributed by atoms with Crippen LogP contribution in [0.25, 0.3) is 0 Å². The van der Waals surface area contributed by atoms with Crippen LogP contribution in [-0.4, -0.2) is 17.7 Å². The van der Waals surface area contributed by atoms with Gasteiger partial charge in [0.15, 0.2) is 0 Å². The van der Waals surface area contributed by atoms with Crippen molar-refractivity contribution in [1.82, 2.24) is 10.3 Å². The summed E-state index contributed by atoms with van der Waals surface area (Å²) in [5, 5.41) is 3.64. The van der Waals surface area contributed by atoms with Crippen molar-refractivity contribution >= 4 is 0 Å². The lowest BCUT2D eigenvalue weighted by Crippen LogP contribution is -2.39. The molecule has 0 fully saturated rings. The second-order valence-corrected chi connectivity index (χ2v) is 6.23. The van der Waals surface area contributed by atoms with E-state index in [-0.39, 0.29) is 11.6 Å². The first-order valence-electron chi connectivity index (χ1n) is 7.57. The van der Waals surface area contributed by atoms with Crippen molar-refractivity contribution in [1.29, 1.82) is 0 Å². The lowest BCUT2D eigenvalue weighted by molar-refractivity contribution is 0.0644. The zero-order valence-electron chi connectivity index (χ0n) is 13.3. The summed E-state index contributed by atoms with van der Waals surface area (Å²) >= 11 is 0. The number of fused-ring (bicyclic) bond motifs is 1. The van der Waals surface area contributed by atoms with Gasteiger partial charge >= 0.3 is 0 Å². The fraction of sp³-hybridized carbons (Fsp3) is 0.389. The van der Waals surface area contributed by atoms with E-state index in [1.807, 2.05) is 42.7 Å². The molecule has 22 heavy (non-hydrogen) atoms. The summed E-state index contributed by atoms with van der Waals surface area (Å²) in [5.74, 6) is 1.78. The standard InChI is InChI=1S/C18H22N2O2/c1-18(2)11-14(20-12-13-7-9-19-10-8-13)17-15(21-3)5-4-6-16(17)22-18/h4-10,14,20H,11-12H2,1-3H3. The van der Waals surface area contributed by atoms with E-state index in [9.17, 15) is 0 Å². The summed E-state index contributed by atoms with van der Waals surface area (Å²) in [7, 11) is 1.70. The first-order chi connectivity index (χ1) is 10.6. The van der Waals surface area contributed by atoms with Gasteiger partial charge in [-0.2, -0.15) is 0 Å². The van der Waals surface area contributed by atoms with Crippen LogP contribution in [0, 0.1) is 0 Å². The fourth-order valence-electron chi connectivity index (χ4n) is 2.98. The van der Waals surface area contributed by atoms with Crippen molar-refractivity contribution < 1.29 is 9.47 Å². The summed E-state index contributed by atoms with van der Waals surface area (Å²) in [6.45, 7) is 5.04. The average molecular weight is 298 g/mol. The smallest absolute Gasteiger partial charge is 0.128 e. The van der Waals surface area contributed by atoms with E-state index in [0.29, 0.717) is 0 Å². The Bertz CT molecular complexity index is 641. The molecule has 2 heterocycles. The number of rotatable bonds is 4. The predicted octanol–water partition coefficient (Wildman–Crippen LogP) is 3.48. The number of ether oxygens (including phenoxy) is 2. The Morgan fingerprint density at radius 1 is 1.27 bits per heavy atom. The number of hydrogen-bond donors (Lipinski definition) is 1. The third kappa shape index (κ3) is 3.07. The molecule has 0 aliphatic carbocycles. The summed E-state index contributed by atoms with van der Waals surface area (Å²) in [4.78, 5) is 4.06. The molecule has 1 aliphatic rings. The minimum Gasteiger partial charge on any atom is -0.496 e. The van der Waals surface area contributed by atoms with Crippen LogP contribution < -0.4 is 14.8 Å². The zero-order valence-corrected chi connectivity index (χ0v) is 13.3. The highest BCUT2D eigenvalue weighted by atomic mass is 16.5. The normalized spacial score (nSPS) is 19.1. The topological polar surface area (TPSA) is 43.4 Å². The molecule has 1 aromatic carbocycles. The number of nitrogens with zero attached hydrogens (tertiary/aromatic N) is 1. The van der Waals surface area contributed by atoms with E-state index in [2.05, 4.69) is 24.1 Å². The van der Waals surface area contributed by atoms with Crippen LogP contribution in [0.4, 0.5) is 0 Å². The number of hydrogen-bond acceptors (Lipinski definition) is 4. The van der Waals surface area contributed by atoms with Gasteiger partial charge in [0.25, 0.3) is 0 Å². The van der Waals surface area contributed by atoms with Gasteiger partial charge in [-0.15, -0.1) is 0 Å². The summed E-state index contributed by atoms with van der Waals surface area (Å²) in [6, 6.07) is 10.2.